The first kappa shape index (κ1) is 23.7. The molecule has 9 heteroatoms. The molecule has 0 spiro atoms. The first-order valence-electron chi connectivity index (χ1n) is 9.51. The number of hydrogen-bond acceptors (Lipinski definition) is 8. The summed E-state index contributed by atoms with van der Waals surface area (Å²) in [6.45, 7) is 5.56. The molecule has 0 saturated heterocycles. The molecular weight excluding hydrogens is 426 g/mol. The molecule has 0 atom stereocenters. The third kappa shape index (κ3) is 7.67. The SMILES string of the molecule is CCOCCOC(=O)/C(C#N)=C(/CC)NCc1ccc(OCc2cnc(Cl)s2)cc1. The number of halogens is 1. The molecular formula is C21H24ClN3O4S. The Labute approximate surface area is 185 Å². The van der Waals surface area contributed by atoms with Gasteiger partial charge in [-0.3, -0.25) is 0 Å². The van der Waals surface area contributed by atoms with Crippen molar-refractivity contribution in [1.29, 1.82) is 5.26 Å². The van der Waals surface area contributed by atoms with Gasteiger partial charge in [0.05, 0.1) is 11.5 Å². The number of esters is 1. The van der Waals surface area contributed by atoms with Gasteiger partial charge >= 0.3 is 5.97 Å². The molecule has 1 N–H and O–H groups in total. The van der Waals surface area contributed by atoms with Crippen LogP contribution in [0.25, 0.3) is 0 Å². The van der Waals surface area contributed by atoms with E-state index in [-0.39, 0.29) is 12.2 Å². The Hall–Kier alpha value is -2.60. The third-order valence-electron chi connectivity index (χ3n) is 3.97. The van der Waals surface area contributed by atoms with Crippen molar-refractivity contribution in [3.05, 3.63) is 56.6 Å². The topological polar surface area (TPSA) is 93.5 Å². The van der Waals surface area contributed by atoms with E-state index in [0.29, 0.717) is 43.0 Å². The van der Waals surface area contributed by atoms with Crippen molar-refractivity contribution < 1.29 is 19.0 Å². The lowest BCUT2D eigenvalue weighted by atomic mass is 10.1. The van der Waals surface area contributed by atoms with Crippen LogP contribution in [0.5, 0.6) is 5.75 Å². The predicted octanol–water partition coefficient (Wildman–Crippen LogP) is 4.23. The maximum Gasteiger partial charge on any atom is 0.350 e. The van der Waals surface area contributed by atoms with Crippen LogP contribution >= 0.6 is 22.9 Å². The van der Waals surface area contributed by atoms with Crippen molar-refractivity contribution in [2.75, 3.05) is 19.8 Å². The molecule has 1 aromatic carbocycles. The highest BCUT2D eigenvalue weighted by atomic mass is 35.5. The van der Waals surface area contributed by atoms with E-state index in [4.69, 9.17) is 25.8 Å². The molecule has 0 amide bonds. The molecule has 0 aliphatic carbocycles. The van der Waals surface area contributed by atoms with E-state index < -0.39 is 5.97 Å². The van der Waals surface area contributed by atoms with Crippen molar-refractivity contribution in [3.8, 4) is 11.8 Å². The number of hydrogen-bond donors (Lipinski definition) is 1. The van der Waals surface area contributed by atoms with Gasteiger partial charge in [-0.25, -0.2) is 9.78 Å². The van der Waals surface area contributed by atoms with Gasteiger partial charge < -0.3 is 19.5 Å². The Morgan fingerprint density at radius 2 is 2.03 bits per heavy atom. The highest BCUT2D eigenvalue weighted by molar-refractivity contribution is 7.15. The number of thiazole rings is 1. The fourth-order valence-corrected chi connectivity index (χ4v) is 3.34. The summed E-state index contributed by atoms with van der Waals surface area (Å²) in [6.07, 6.45) is 2.20. The second-order valence-corrected chi connectivity index (χ2v) is 7.71. The average Bonchev–Trinajstić information content (AvgIpc) is 3.18. The summed E-state index contributed by atoms with van der Waals surface area (Å²) in [5.41, 5.74) is 1.51. The van der Waals surface area contributed by atoms with Crippen LogP contribution in [0.2, 0.25) is 4.47 Å². The van der Waals surface area contributed by atoms with Gasteiger partial charge in [0.2, 0.25) is 0 Å². The van der Waals surface area contributed by atoms with Crippen LogP contribution in [0.3, 0.4) is 0 Å². The van der Waals surface area contributed by atoms with E-state index in [1.807, 2.05) is 44.2 Å². The average molecular weight is 450 g/mol. The number of ether oxygens (including phenoxy) is 3. The molecule has 160 valence electrons. The molecule has 30 heavy (non-hydrogen) atoms. The number of rotatable bonds is 12. The highest BCUT2D eigenvalue weighted by Gasteiger charge is 2.16. The molecule has 7 nitrogen and oxygen atoms in total. The molecule has 0 bridgehead atoms. The standard InChI is InChI=1S/C21H24ClN3O4S/c1-3-19(18(11-23)20(26)28-10-9-27-4-2)24-12-15-5-7-16(8-6-15)29-14-17-13-25-21(22)30-17/h5-8,13,24H,3-4,9-10,12,14H2,1-2H3/b19-18-. The normalized spacial score (nSPS) is 11.4. The first-order valence-corrected chi connectivity index (χ1v) is 10.7. The number of benzene rings is 1. The number of nitrogens with one attached hydrogen (secondary N) is 1. The maximum absolute atomic E-state index is 12.2. The summed E-state index contributed by atoms with van der Waals surface area (Å²) in [4.78, 5) is 17.1. The number of carbonyl (C=O) groups excluding carboxylic acids is 1. The lowest BCUT2D eigenvalue weighted by Crippen LogP contribution is -2.20. The Morgan fingerprint density at radius 3 is 2.63 bits per heavy atom. The van der Waals surface area contributed by atoms with Crippen LogP contribution in [0, 0.1) is 11.3 Å². The maximum atomic E-state index is 12.2. The summed E-state index contributed by atoms with van der Waals surface area (Å²) in [5.74, 6) is 0.0820. The van der Waals surface area contributed by atoms with Crippen LogP contribution in [0.15, 0.2) is 41.7 Å². The van der Waals surface area contributed by atoms with Gasteiger partial charge in [-0.2, -0.15) is 5.26 Å². The van der Waals surface area contributed by atoms with Gasteiger partial charge in [0, 0.05) is 25.0 Å². The zero-order chi connectivity index (χ0) is 21.8. The van der Waals surface area contributed by atoms with Crippen molar-refractivity contribution >= 4 is 28.9 Å². The fraction of sp³-hybridized carbons (Fsp3) is 0.381. The number of allylic oxidation sites excluding steroid dienone is 1. The largest absolute Gasteiger partial charge is 0.488 e. The molecule has 1 heterocycles. The molecule has 0 saturated carbocycles. The third-order valence-corrected chi connectivity index (χ3v) is 5.06. The number of carbonyl (C=O) groups is 1. The van der Waals surface area contributed by atoms with Crippen LogP contribution in [0.1, 0.15) is 30.7 Å². The van der Waals surface area contributed by atoms with Gasteiger partial charge in [0.25, 0.3) is 0 Å². The minimum atomic E-state index is -0.645. The molecule has 2 rings (SSSR count). The van der Waals surface area contributed by atoms with Crippen molar-refractivity contribution in [1.82, 2.24) is 10.3 Å². The van der Waals surface area contributed by atoms with E-state index in [0.717, 1.165) is 16.2 Å². The highest BCUT2D eigenvalue weighted by Crippen LogP contribution is 2.20. The molecule has 0 aliphatic rings. The predicted molar refractivity (Wildman–Crippen MR) is 115 cm³/mol. The van der Waals surface area contributed by atoms with E-state index in [1.54, 1.807) is 6.20 Å². The zero-order valence-electron chi connectivity index (χ0n) is 16.9. The smallest absolute Gasteiger partial charge is 0.350 e. The molecule has 0 aliphatic heterocycles. The number of nitrogens with zero attached hydrogens (tertiary/aromatic N) is 2. The lowest BCUT2D eigenvalue weighted by Gasteiger charge is -2.12. The number of nitriles is 1. The summed E-state index contributed by atoms with van der Waals surface area (Å²) < 4.78 is 16.4. The summed E-state index contributed by atoms with van der Waals surface area (Å²) in [6, 6.07) is 9.50. The Morgan fingerprint density at radius 1 is 1.27 bits per heavy atom. The molecule has 0 unspecified atom stereocenters. The summed E-state index contributed by atoms with van der Waals surface area (Å²) in [7, 11) is 0. The number of aromatic nitrogens is 1. The van der Waals surface area contributed by atoms with E-state index in [9.17, 15) is 10.1 Å². The zero-order valence-corrected chi connectivity index (χ0v) is 18.5. The summed E-state index contributed by atoms with van der Waals surface area (Å²) in [5, 5.41) is 12.5. The Balaban J connectivity index is 1.90. The van der Waals surface area contributed by atoms with Gasteiger partial charge in [-0.1, -0.05) is 30.7 Å². The van der Waals surface area contributed by atoms with E-state index in [1.165, 1.54) is 11.3 Å². The van der Waals surface area contributed by atoms with Crippen LogP contribution in [-0.2, 0) is 27.4 Å². The minimum Gasteiger partial charge on any atom is -0.488 e. The Kier molecular flexibility index (Phi) is 10.1. The molecule has 1 aromatic heterocycles. The van der Waals surface area contributed by atoms with Gasteiger partial charge in [-0.05, 0) is 31.0 Å². The van der Waals surface area contributed by atoms with E-state index in [2.05, 4.69) is 10.3 Å². The quantitative estimate of drug-likeness (QED) is 0.224. The van der Waals surface area contributed by atoms with Crippen molar-refractivity contribution in [2.45, 2.75) is 33.4 Å². The van der Waals surface area contributed by atoms with Crippen LogP contribution in [0.4, 0.5) is 0 Å². The Bertz CT molecular complexity index is 890. The van der Waals surface area contributed by atoms with Crippen molar-refractivity contribution in [3.63, 3.8) is 0 Å². The second kappa shape index (κ2) is 12.9. The monoisotopic (exact) mass is 449 g/mol. The molecule has 0 fully saturated rings. The van der Waals surface area contributed by atoms with Gasteiger partial charge in [0.1, 0.15) is 25.0 Å². The second-order valence-electron chi connectivity index (χ2n) is 6.02. The van der Waals surface area contributed by atoms with Crippen LogP contribution < -0.4 is 10.1 Å². The molecule has 0 radical (unpaired) electrons. The summed E-state index contributed by atoms with van der Waals surface area (Å²) >= 11 is 7.19. The molecule has 2 aromatic rings. The first-order chi connectivity index (χ1) is 14.6. The van der Waals surface area contributed by atoms with Crippen molar-refractivity contribution in [2.24, 2.45) is 0 Å². The van der Waals surface area contributed by atoms with Gasteiger partial charge in [-0.15, -0.1) is 11.3 Å². The van der Waals surface area contributed by atoms with Gasteiger partial charge in [0.15, 0.2) is 10.0 Å². The van der Waals surface area contributed by atoms with Crippen LogP contribution in [-0.4, -0.2) is 30.8 Å². The lowest BCUT2D eigenvalue weighted by molar-refractivity contribution is -0.140. The minimum absolute atomic E-state index is 0.0165. The fourth-order valence-electron chi connectivity index (χ4n) is 2.45. The van der Waals surface area contributed by atoms with E-state index >= 15 is 0 Å².